The summed E-state index contributed by atoms with van der Waals surface area (Å²) in [4.78, 5) is 13.4. The highest BCUT2D eigenvalue weighted by Crippen LogP contribution is 2.30. The summed E-state index contributed by atoms with van der Waals surface area (Å²) >= 11 is 0. The Kier molecular flexibility index (Phi) is 3.27. The molecule has 13 heavy (non-hydrogen) atoms. The number of ether oxygens (including phenoxy) is 1. The topological polar surface area (TPSA) is 55.6 Å². The van der Waals surface area contributed by atoms with E-state index in [0.717, 1.165) is 19.4 Å². The first-order valence-corrected chi connectivity index (χ1v) is 4.63. The lowest BCUT2D eigenvalue weighted by Crippen LogP contribution is -2.52. The molecular formula is C9H18N2O2. The second-order valence-electron chi connectivity index (χ2n) is 3.66. The number of rotatable bonds is 4. The van der Waals surface area contributed by atoms with Crippen LogP contribution in [-0.4, -0.2) is 43.7 Å². The van der Waals surface area contributed by atoms with Gasteiger partial charge in [-0.3, -0.25) is 9.69 Å². The van der Waals surface area contributed by atoms with Crippen molar-refractivity contribution in [2.75, 3.05) is 27.3 Å². The number of nitrogens with two attached hydrogens (primary N) is 1. The van der Waals surface area contributed by atoms with Crippen LogP contribution in [0.25, 0.3) is 0 Å². The summed E-state index contributed by atoms with van der Waals surface area (Å²) in [5, 5.41) is 0. The van der Waals surface area contributed by atoms with Crippen molar-refractivity contribution in [1.29, 1.82) is 0 Å². The van der Waals surface area contributed by atoms with Gasteiger partial charge in [-0.2, -0.15) is 0 Å². The predicted molar refractivity (Wildman–Crippen MR) is 50.3 cm³/mol. The van der Waals surface area contributed by atoms with Crippen LogP contribution in [0.4, 0.5) is 0 Å². The van der Waals surface area contributed by atoms with E-state index in [4.69, 9.17) is 10.5 Å². The van der Waals surface area contributed by atoms with Crippen LogP contribution >= 0.6 is 0 Å². The molecule has 76 valence electrons. The molecule has 1 aliphatic rings. The zero-order valence-corrected chi connectivity index (χ0v) is 8.38. The highest BCUT2D eigenvalue weighted by Gasteiger charge is 2.43. The number of methoxy groups -OCH3 is 1. The van der Waals surface area contributed by atoms with Crippen molar-refractivity contribution in [1.82, 2.24) is 4.90 Å². The van der Waals surface area contributed by atoms with Crippen LogP contribution in [0.15, 0.2) is 0 Å². The normalized spacial score (nSPS) is 29.4. The first-order valence-electron chi connectivity index (χ1n) is 4.63. The van der Waals surface area contributed by atoms with Crippen LogP contribution in [0.2, 0.25) is 0 Å². The molecule has 4 nitrogen and oxygen atoms in total. The Hall–Kier alpha value is -0.610. The van der Waals surface area contributed by atoms with E-state index in [0.29, 0.717) is 13.0 Å². The van der Waals surface area contributed by atoms with Gasteiger partial charge in [0.2, 0.25) is 5.91 Å². The number of primary amides is 1. The second kappa shape index (κ2) is 4.07. The Morgan fingerprint density at radius 3 is 2.77 bits per heavy atom. The largest absolute Gasteiger partial charge is 0.385 e. The maximum absolute atomic E-state index is 11.4. The molecule has 0 aromatic rings. The summed E-state index contributed by atoms with van der Waals surface area (Å²) in [7, 11) is 3.59. The van der Waals surface area contributed by atoms with E-state index in [1.165, 1.54) is 0 Å². The van der Waals surface area contributed by atoms with Crippen molar-refractivity contribution in [3.8, 4) is 0 Å². The van der Waals surface area contributed by atoms with Gasteiger partial charge in [-0.05, 0) is 32.9 Å². The zero-order valence-electron chi connectivity index (χ0n) is 8.38. The van der Waals surface area contributed by atoms with Crippen LogP contribution in [0.5, 0.6) is 0 Å². The van der Waals surface area contributed by atoms with Gasteiger partial charge in [-0.25, -0.2) is 0 Å². The van der Waals surface area contributed by atoms with Gasteiger partial charge >= 0.3 is 0 Å². The third kappa shape index (κ3) is 1.84. The molecule has 1 saturated heterocycles. The standard InChI is InChI=1S/C9H18N2O2/c1-11-6-3-4-9(11,8(10)12)5-7-13-2/h3-7H2,1-2H3,(H2,10,12)/t9-/m1/s1. The minimum Gasteiger partial charge on any atom is -0.385 e. The molecule has 1 fully saturated rings. The zero-order chi connectivity index (χ0) is 9.90. The molecule has 1 heterocycles. The molecule has 0 spiro atoms. The molecule has 0 aromatic heterocycles. The molecule has 0 aliphatic carbocycles. The predicted octanol–water partition coefficient (Wildman–Crippen LogP) is -0.0274. The molecule has 0 unspecified atom stereocenters. The lowest BCUT2D eigenvalue weighted by molar-refractivity contribution is -0.128. The second-order valence-corrected chi connectivity index (χ2v) is 3.66. The summed E-state index contributed by atoms with van der Waals surface area (Å²) in [6.45, 7) is 1.54. The Morgan fingerprint density at radius 1 is 1.69 bits per heavy atom. The molecule has 4 heteroatoms. The van der Waals surface area contributed by atoms with Crippen molar-refractivity contribution in [2.45, 2.75) is 24.8 Å². The average Bonchev–Trinajstić information content (AvgIpc) is 2.45. The van der Waals surface area contributed by atoms with Gasteiger partial charge in [-0.1, -0.05) is 0 Å². The van der Waals surface area contributed by atoms with Gasteiger partial charge in [0.1, 0.15) is 5.54 Å². The van der Waals surface area contributed by atoms with E-state index in [1.807, 2.05) is 11.9 Å². The summed E-state index contributed by atoms with van der Waals surface area (Å²) in [5.74, 6) is -0.218. The highest BCUT2D eigenvalue weighted by molar-refractivity contribution is 5.85. The fourth-order valence-corrected chi connectivity index (χ4v) is 2.03. The number of nitrogens with zero attached hydrogens (tertiary/aromatic N) is 1. The van der Waals surface area contributed by atoms with E-state index in [9.17, 15) is 4.79 Å². The van der Waals surface area contributed by atoms with E-state index < -0.39 is 5.54 Å². The number of carbonyl (C=O) groups is 1. The van der Waals surface area contributed by atoms with Crippen molar-refractivity contribution < 1.29 is 9.53 Å². The van der Waals surface area contributed by atoms with Crippen LogP contribution in [0.3, 0.4) is 0 Å². The number of hydrogen-bond donors (Lipinski definition) is 1. The lowest BCUT2D eigenvalue weighted by atomic mass is 9.92. The number of carbonyl (C=O) groups excluding carboxylic acids is 1. The highest BCUT2D eigenvalue weighted by atomic mass is 16.5. The van der Waals surface area contributed by atoms with Gasteiger partial charge in [0.25, 0.3) is 0 Å². The minimum absolute atomic E-state index is 0.218. The number of likely N-dealkylation sites (N-methyl/N-ethyl adjacent to an activating group) is 1. The molecule has 0 saturated carbocycles. The maximum atomic E-state index is 11.4. The van der Waals surface area contributed by atoms with Crippen molar-refractivity contribution in [2.24, 2.45) is 5.73 Å². The first kappa shape index (κ1) is 10.5. The van der Waals surface area contributed by atoms with E-state index in [2.05, 4.69) is 0 Å². The number of likely N-dealkylation sites (tertiary alicyclic amines) is 1. The van der Waals surface area contributed by atoms with E-state index >= 15 is 0 Å². The van der Waals surface area contributed by atoms with E-state index in [1.54, 1.807) is 7.11 Å². The molecule has 0 aromatic carbocycles. The first-order chi connectivity index (χ1) is 6.13. The molecule has 1 aliphatic heterocycles. The third-order valence-corrected chi connectivity index (χ3v) is 2.99. The Balaban J connectivity index is 2.68. The number of amides is 1. The summed E-state index contributed by atoms with van der Waals surface area (Å²) in [6.07, 6.45) is 2.61. The van der Waals surface area contributed by atoms with Gasteiger partial charge in [0.05, 0.1) is 0 Å². The van der Waals surface area contributed by atoms with E-state index in [-0.39, 0.29) is 5.91 Å². The quantitative estimate of drug-likeness (QED) is 0.671. The van der Waals surface area contributed by atoms with Gasteiger partial charge in [-0.15, -0.1) is 0 Å². The van der Waals surface area contributed by atoms with Crippen molar-refractivity contribution >= 4 is 5.91 Å². The van der Waals surface area contributed by atoms with Crippen molar-refractivity contribution in [3.63, 3.8) is 0 Å². The van der Waals surface area contributed by atoms with Crippen LogP contribution in [-0.2, 0) is 9.53 Å². The fourth-order valence-electron chi connectivity index (χ4n) is 2.03. The lowest BCUT2D eigenvalue weighted by Gasteiger charge is -2.32. The monoisotopic (exact) mass is 186 g/mol. The van der Waals surface area contributed by atoms with Gasteiger partial charge in [0, 0.05) is 13.7 Å². The third-order valence-electron chi connectivity index (χ3n) is 2.99. The minimum atomic E-state index is -0.448. The van der Waals surface area contributed by atoms with Gasteiger partial charge in [0.15, 0.2) is 0 Å². The molecular weight excluding hydrogens is 168 g/mol. The van der Waals surface area contributed by atoms with Crippen molar-refractivity contribution in [3.05, 3.63) is 0 Å². The number of hydrogen-bond acceptors (Lipinski definition) is 3. The summed E-state index contributed by atoms with van der Waals surface area (Å²) in [6, 6.07) is 0. The summed E-state index contributed by atoms with van der Waals surface area (Å²) < 4.78 is 4.99. The van der Waals surface area contributed by atoms with Crippen LogP contribution in [0.1, 0.15) is 19.3 Å². The van der Waals surface area contributed by atoms with Gasteiger partial charge < -0.3 is 10.5 Å². The molecule has 1 amide bonds. The SMILES string of the molecule is COCC[C@@]1(C(N)=O)CCCN1C. The Bertz CT molecular complexity index is 196. The molecule has 0 radical (unpaired) electrons. The molecule has 0 bridgehead atoms. The average molecular weight is 186 g/mol. The molecule has 1 rings (SSSR count). The smallest absolute Gasteiger partial charge is 0.238 e. The summed E-state index contributed by atoms with van der Waals surface area (Å²) in [5.41, 5.74) is 4.98. The molecule has 1 atom stereocenters. The Morgan fingerprint density at radius 2 is 2.38 bits per heavy atom. The maximum Gasteiger partial charge on any atom is 0.238 e. The Labute approximate surface area is 79.0 Å². The molecule has 2 N–H and O–H groups in total. The van der Waals surface area contributed by atoms with Crippen LogP contribution in [0, 0.1) is 0 Å². The fraction of sp³-hybridized carbons (Fsp3) is 0.889. The van der Waals surface area contributed by atoms with Crippen LogP contribution < -0.4 is 5.73 Å².